The van der Waals surface area contributed by atoms with Crippen LogP contribution in [0.1, 0.15) is 40.0 Å². The van der Waals surface area contributed by atoms with Crippen molar-refractivity contribution < 1.29 is 4.79 Å². The summed E-state index contributed by atoms with van der Waals surface area (Å²) in [4.78, 5) is 11.6. The average Bonchev–Trinajstić information content (AvgIpc) is 2.69. The number of hydrogen-bond acceptors (Lipinski definition) is 1. The summed E-state index contributed by atoms with van der Waals surface area (Å²) >= 11 is 0. The third-order valence-corrected chi connectivity index (χ3v) is 3.37. The van der Waals surface area contributed by atoms with Gasteiger partial charge in [0.25, 0.3) is 0 Å². The van der Waals surface area contributed by atoms with Gasteiger partial charge in [-0.3, -0.25) is 4.79 Å². The summed E-state index contributed by atoms with van der Waals surface area (Å²) < 4.78 is 0. The van der Waals surface area contributed by atoms with Gasteiger partial charge in [-0.1, -0.05) is 32.9 Å². The van der Waals surface area contributed by atoms with Crippen LogP contribution < -0.4 is 5.32 Å². The predicted molar refractivity (Wildman–Crippen MR) is 63.5 cm³/mol. The van der Waals surface area contributed by atoms with Crippen molar-refractivity contribution in [2.24, 2.45) is 17.8 Å². The number of amides is 1. The molecule has 0 heterocycles. The zero-order chi connectivity index (χ0) is 11.3. The van der Waals surface area contributed by atoms with Gasteiger partial charge in [0.1, 0.15) is 0 Å². The number of hydrogen-bond donors (Lipinski definition) is 1. The molecular weight excluding hydrogens is 186 g/mol. The molecule has 0 fully saturated rings. The van der Waals surface area contributed by atoms with E-state index in [2.05, 4.69) is 31.3 Å². The zero-order valence-electron chi connectivity index (χ0n) is 10.1. The lowest BCUT2D eigenvalue weighted by molar-refractivity contribution is -0.125. The molecular formula is C13H23NO. The first-order chi connectivity index (χ1) is 7.11. The molecule has 15 heavy (non-hydrogen) atoms. The Morgan fingerprint density at radius 2 is 1.93 bits per heavy atom. The number of carbonyl (C=O) groups excluding carboxylic acids is 1. The molecule has 0 aromatic heterocycles. The van der Waals surface area contributed by atoms with Gasteiger partial charge in [-0.15, -0.1) is 0 Å². The number of carbonyl (C=O) groups is 1. The molecule has 2 heteroatoms. The van der Waals surface area contributed by atoms with E-state index in [1.165, 1.54) is 12.8 Å². The molecule has 1 N–H and O–H groups in total. The third-order valence-electron chi connectivity index (χ3n) is 3.37. The third kappa shape index (κ3) is 4.06. The normalized spacial score (nSPS) is 18.4. The van der Waals surface area contributed by atoms with E-state index in [1.54, 1.807) is 0 Å². The fourth-order valence-electron chi connectivity index (χ4n) is 1.77. The van der Waals surface area contributed by atoms with E-state index in [-0.39, 0.29) is 11.8 Å². The Kier molecular flexibility index (Phi) is 4.86. The van der Waals surface area contributed by atoms with Gasteiger partial charge < -0.3 is 5.32 Å². The van der Waals surface area contributed by atoms with Gasteiger partial charge >= 0.3 is 0 Å². The number of allylic oxidation sites excluding steroid dienone is 2. The quantitative estimate of drug-likeness (QED) is 0.693. The van der Waals surface area contributed by atoms with E-state index in [0.717, 1.165) is 18.9 Å². The van der Waals surface area contributed by atoms with Crippen LogP contribution in [0.5, 0.6) is 0 Å². The second-order valence-corrected chi connectivity index (χ2v) is 4.92. The SMILES string of the molecule is CC(C)C(C)C(=O)NCCC1CC=CC1. The van der Waals surface area contributed by atoms with Crippen molar-refractivity contribution in [2.75, 3.05) is 6.54 Å². The topological polar surface area (TPSA) is 29.1 Å². The van der Waals surface area contributed by atoms with E-state index in [0.29, 0.717) is 5.92 Å². The van der Waals surface area contributed by atoms with Crippen LogP contribution in [0, 0.1) is 17.8 Å². The van der Waals surface area contributed by atoms with Crippen LogP contribution in [0.2, 0.25) is 0 Å². The van der Waals surface area contributed by atoms with Gasteiger partial charge in [-0.05, 0) is 31.1 Å². The molecule has 0 spiro atoms. The fourth-order valence-corrected chi connectivity index (χ4v) is 1.77. The summed E-state index contributed by atoms with van der Waals surface area (Å²) in [7, 11) is 0. The first kappa shape index (κ1) is 12.3. The minimum atomic E-state index is 0.131. The highest BCUT2D eigenvalue weighted by molar-refractivity contribution is 5.78. The molecule has 1 amide bonds. The second-order valence-electron chi connectivity index (χ2n) is 4.92. The Labute approximate surface area is 93.1 Å². The Hall–Kier alpha value is -0.790. The maximum atomic E-state index is 11.6. The number of nitrogens with one attached hydrogen (secondary N) is 1. The summed E-state index contributed by atoms with van der Waals surface area (Å²) in [5, 5.41) is 3.02. The van der Waals surface area contributed by atoms with E-state index < -0.39 is 0 Å². The highest BCUT2D eigenvalue weighted by Gasteiger charge is 2.16. The summed E-state index contributed by atoms with van der Waals surface area (Å²) in [6, 6.07) is 0. The molecule has 0 bridgehead atoms. The van der Waals surface area contributed by atoms with Crippen molar-refractivity contribution in [2.45, 2.75) is 40.0 Å². The van der Waals surface area contributed by atoms with Crippen LogP contribution >= 0.6 is 0 Å². The summed E-state index contributed by atoms with van der Waals surface area (Å²) in [6.07, 6.45) is 7.97. The van der Waals surface area contributed by atoms with Gasteiger partial charge in [0, 0.05) is 12.5 Å². The molecule has 86 valence electrons. The zero-order valence-corrected chi connectivity index (χ0v) is 10.1. The molecule has 2 nitrogen and oxygen atoms in total. The minimum Gasteiger partial charge on any atom is -0.356 e. The average molecular weight is 209 g/mol. The summed E-state index contributed by atoms with van der Waals surface area (Å²) in [5.41, 5.74) is 0. The molecule has 1 aliphatic carbocycles. The second kappa shape index (κ2) is 5.94. The maximum absolute atomic E-state index is 11.6. The van der Waals surface area contributed by atoms with E-state index >= 15 is 0 Å². The standard InChI is InChI=1S/C13H23NO/c1-10(2)11(3)13(15)14-9-8-12-6-4-5-7-12/h4-5,10-12H,6-9H2,1-3H3,(H,14,15). The van der Waals surface area contributed by atoms with Crippen molar-refractivity contribution in [3.05, 3.63) is 12.2 Å². The maximum Gasteiger partial charge on any atom is 0.223 e. The van der Waals surface area contributed by atoms with Crippen molar-refractivity contribution in [3.63, 3.8) is 0 Å². The van der Waals surface area contributed by atoms with Crippen LogP contribution in [0.25, 0.3) is 0 Å². The van der Waals surface area contributed by atoms with E-state index in [1.807, 2.05) is 6.92 Å². The molecule has 0 radical (unpaired) electrons. The lowest BCUT2D eigenvalue weighted by Gasteiger charge is -2.16. The lowest BCUT2D eigenvalue weighted by Crippen LogP contribution is -2.33. The molecule has 0 saturated carbocycles. The van der Waals surface area contributed by atoms with Crippen molar-refractivity contribution in [1.29, 1.82) is 0 Å². The van der Waals surface area contributed by atoms with Gasteiger partial charge in [0.05, 0.1) is 0 Å². The Morgan fingerprint density at radius 3 is 2.47 bits per heavy atom. The van der Waals surface area contributed by atoms with Crippen LogP contribution in [0.4, 0.5) is 0 Å². The largest absolute Gasteiger partial charge is 0.356 e. The highest BCUT2D eigenvalue weighted by Crippen LogP contribution is 2.20. The Morgan fingerprint density at radius 1 is 1.33 bits per heavy atom. The van der Waals surface area contributed by atoms with Crippen molar-refractivity contribution in [3.8, 4) is 0 Å². The van der Waals surface area contributed by atoms with Crippen molar-refractivity contribution >= 4 is 5.91 Å². The van der Waals surface area contributed by atoms with Crippen LogP contribution in [-0.4, -0.2) is 12.5 Å². The number of rotatable bonds is 5. The van der Waals surface area contributed by atoms with Gasteiger partial charge in [-0.25, -0.2) is 0 Å². The lowest BCUT2D eigenvalue weighted by atomic mass is 9.97. The fraction of sp³-hybridized carbons (Fsp3) is 0.769. The smallest absolute Gasteiger partial charge is 0.223 e. The molecule has 1 unspecified atom stereocenters. The Balaban J connectivity index is 2.11. The van der Waals surface area contributed by atoms with Gasteiger partial charge in [0.15, 0.2) is 0 Å². The molecule has 0 aliphatic heterocycles. The molecule has 1 atom stereocenters. The van der Waals surface area contributed by atoms with Crippen LogP contribution in [0.15, 0.2) is 12.2 Å². The first-order valence-electron chi connectivity index (χ1n) is 6.04. The monoisotopic (exact) mass is 209 g/mol. The van der Waals surface area contributed by atoms with Crippen molar-refractivity contribution in [1.82, 2.24) is 5.32 Å². The van der Waals surface area contributed by atoms with Crippen LogP contribution in [0.3, 0.4) is 0 Å². The molecule has 0 aromatic carbocycles. The molecule has 0 aromatic rings. The molecule has 1 rings (SSSR count). The van der Waals surface area contributed by atoms with E-state index in [4.69, 9.17) is 0 Å². The van der Waals surface area contributed by atoms with E-state index in [9.17, 15) is 4.79 Å². The van der Waals surface area contributed by atoms with Crippen LogP contribution in [-0.2, 0) is 4.79 Å². The first-order valence-corrected chi connectivity index (χ1v) is 6.04. The van der Waals surface area contributed by atoms with Gasteiger partial charge in [-0.2, -0.15) is 0 Å². The summed E-state index contributed by atoms with van der Waals surface area (Å²) in [5.74, 6) is 1.53. The van der Waals surface area contributed by atoms with Gasteiger partial charge in [0.2, 0.25) is 5.91 Å². The molecule has 1 aliphatic rings. The highest BCUT2D eigenvalue weighted by atomic mass is 16.1. The summed E-state index contributed by atoms with van der Waals surface area (Å²) in [6.45, 7) is 7.01. The minimum absolute atomic E-state index is 0.131. The molecule has 0 saturated heterocycles. The Bertz CT molecular complexity index is 225. The predicted octanol–water partition coefficient (Wildman–Crippen LogP) is 2.75.